The third-order valence-electron chi connectivity index (χ3n) is 3.65. The lowest BCUT2D eigenvalue weighted by Gasteiger charge is -2.03. The van der Waals surface area contributed by atoms with Crippen molar-refractivity contribution in [1.29, 1.82) is 0 Å². The zero-order valence-corrected chi connectivity index (χ0v) is 12.9. The van der Waals surface area contributed by atoms with E-state index >= 15 is 0 Å². The number of amides is 1. The van der Waals surface area contributed by atoms with E-state index in [1.807, 2.05) is 43.3 Å². The largest absolute Gasteiger partial charge is 0.461 e. The third kappa shape index (κ3) is 2.65. The van der Waals surface area contributed by atoms with E-state index in [2.05, 4.69) is 20.5 Å². The normalized spacial score (nSPS) is 10.9. The van der Waals surface area contributed by atoms with Crippen LogP contribution in [0.25, 0.3) is 22.4 Å². The van der Waals surface area contributed by atoms with Gasteiger partial charge in [0.15, 0.2) is 0 Å². The van der Waals surface area contributed by atoms with E-state index in [0.29, 0.717) is 22.8 Å². The number of anilines is 1. The first kappa shape index (κ1) is 14.2. The van der Waals surface area contributed by atoms with Gasteiger partial charge in [-0.05, 0) is 49.4 Å². The van der Waals surface area contributed by atoms with E-state index in [-0.39, 0.29) is 5.91 Å². The molecule has 24 heavy (non-hydrogen) atoms. The van der Waals surface area contributed by atoms with Gasteiger partial charge in [-0.15, -0.1) is 0 Å². The summed E-state index contributed by atoms with van der Waals surface area (Å²) in [5.41, 5.74) is 3.20. The SMILES string of the molecule is Cc1cc2cc(NC(=O)c3cc(-c4ccccn4)n[nH]3)ccc2o1. The molecule has 4 aromatic rings. The number of aromatic amines is 1. The quantitative estimate of drug-likeness (QED) is 0.602. The molecule has 0 unspecified atom stereocenters. The number of hydrogen-bond acceptors (Lipinski definition) is 4. The Kier molecular flexibility index (Phi) is 3.35. The van der Waals surface area contributed by atoms with Crippen molar-refractivity contribution < 1.29 is 9.21 Å². The maximum atomic E-state index is 12.4. The fourth-order valence-corrected chi connectivity index (χ4v) is 2.54. The van der Waals surface area contributed by atoms with E-state index in [4.69, 9.17) is 4.42 Å². The summed E-state index contributed by atoms with van der Waals surface area (Å²) in [5.74, 6) is 0.575. The lowest BCUT2D eigenvalue weighted by Crippen LogP contribution is -2.12. The molecular weight excluding hydrogens is 304 g/mol. The van der Waals surface area contributed by atoms with Crippen LogP contribution in [0.1, 0.15) is 16.2 Å². The number of nitrogens with zero attached hydrogens (tertiary/aromatic N) is 2. The number of furan rings is 1. The molecule has 0 aliphatic heterocycles. The van der Waals surface area contributed by atoms with E-state index in [9.17, 15) is 4.79 Å². The van der Waals surface area contributed by atoms with Crippen LogP contribution >= 0.6 is 0 Å². The predicted octanol–water partition coefficient (Wildman–Crippen LogP) is 3.78. The van der Waals surface area contributed by atoms with Gasteiger partial charge in [0.2, 0.25) is 0 Å². The number of aryl methyl sites for hydroxylation is 1. The Morgan fingerprint density at radius 3 is 2.88 bits per heavy atom. The van der Waals surface area contributed by atoms with Crippen LogP contribution in [0.4, 0.5) is 5.69 Å². The van der Waals surface area contributed by atoms with Gasteiger partial charge in [0, 0.05) is 17.3 Å². The maximum absolute atomic E-state index is 12.4. The summed E-state index contributed by atoms with van der Waals surface area (Å²) in [6.07, 6.45) is 1.69. The van der Waals surface area contributed by atoms with Gasteiger partial charge in [0.05, 0.1) is 5.69 Å². The minimum absolute atomic E-state index is 0.260. The van der Waals surface area contributed by atoms with Gasteiger partial charge in [-0.25, -0.2) is 0 Å². The van der Waals surface area contributed by atoms with Gasteiger partial charge in [-0.1, -0.05) is 6.07 Å². The Balaban J connectivity index is 1.56. The fraction of sp³-hybridized carbons (Fsp3) is 0.0556. The molecule has 118 valence electrons. The van der Waals surface area contributed by atoms with Crippen molar-refractivity contribution in [1.82, 2.24) is 15.2 Å². The molecule has 3 heterocycles. The lowest BCUT2D eigenvalue weighted by atomic mass is 10.2. The van der Waals surface area contributed by atoms with Crippen LogP contribution in [-0.2, 0) is 0 Å². The second kappa shape index (κ2) is 5.66. The summed E-state index contributed by atoms with van der Waals surface area (Å²) in [5, 5.41) is 10.7. The fourth-order valence-electron chi connectivity index (χ4n) is 2.54. The number of nitrogens with one attached hydrogen (secondary N) is 2. The Hall–Kier alpha value is -3.41. The van der Waals surface area contributed by atoms with Crippen LogP contribution < -0.4 is 5.32 Å². The number of H-pyrrole nitrogens is 1. The van der Waals surface area contributed by atoms with Gasteiger partial charge < -0.3 is 9.73 Å². The van der Waals surface area contributed by atoms with Crippen molar-refractivity contribution in [3.63, 3.8) is 0 Å². The Morgan fingerprint density at radius 1 is 1.12 bits per heavy atom. The zero-order valence-electron chi connectivity index (χ0n) is 12.9. The second-order valence-corrected chi connectivity index (χ2v) is 5.45. The molecule has 0 radical (unpaired) electrons. The first-order valence-corrected chi connectivity index (χ1v) is 7.47. The highest BCUT2D eigenvalue weighted by atomic mass is 16.3. The smallest absolute Gasteiger partial charge is 0.273 e. The molecule has 2 N–H and O–H groups in total. The molecule has 1 amide bonds. The number of aromatic nitrogens is 3. The van der Waals surface area contributed by atoms with Gasteiger partial charge in [0.1, 0.15) is 22.7 Å². The highest BCUT2D eigenvalue weighted by Crippen LogP contribution is 2.23. The molecule has 3 aromatic heterocycles. The van der Waals surface area contributed by atoms with Gasteiger partial charge in [0.25, 0.3) is 5.91 Å². The van der Waals surface area contributed by atoms with E-state index in [0.717, 1.165) is 16.7 Å². The Morgan fingerprint density at radius 2 is 2.04 bits per heavy atom. The van der Waals surface area contributed by atoms with Gasteiger partial charge in [-0.2, -0.15) is 5.10 Å². The van der Waals surface area contributed by atoms with Crippen molar-refractivity contribution in [2.45, 2.75) is 6.92 Å². The number of carbonyl (C=O) groups excluding carboxylic acids is 1. The lowest BCUT2D eigenvalue weighted by molar-refractivity contribution is 0.102. The summed E-state index contributed by atoms with van der Waals surface area (Å²) < 4.78 is 5.53. The Labute approximate surface area is 137 Å². The molecule has 0 aliphatic rings. The molecule has 6 nitrogen and oxygen atoms in total. The number of benzene rings is 1. The molecule has 1 aromatic carbocycles. The van der Waals surface area contributed by atoms with Crippen molar-refractivity contribution in [2.24, 2.45) is 0 Å². The first-order chi connectivity index (χ1) is 11.7. The molecule has 0 aliphatic carbocycles. The van der Waals surface area contributed by atoms with Crippen molar-refractivity contribution in [3.8, 4) is 11.4 Å². The van der Waals surface area contributed by atoms with Crippen LogP contribution in [0.15, 0.2) is 59.1 Å². The summed E-state index contributed by atoms with van der Waals surface area (Å²) in [7, 11) is 0. The minimum atomic E-state index is -0.260. The molecular formula is C18H14N4O2. The number of carbonyl (C=O) groups is 1. The topological polar surface area (TPSA) is 83.8 Å². The molecule has 0 bridgehead atoms. The number of rotatable bonds is 3. The van der Waals surface area contributed by atoms with E-state index in [1.54, 1.807) is 18.3 Å². The van der Waals surface area contributed by atoms with E-state index < -0.39 is 0 Å². The van der Waals surface area contributed by atoms with Gasteiger partial charge >= 0.3 is 0 Å². The number of hydrogen-bond donors (Lipinski definition) is 2. The van der Waals surface area contributed by atoms with Crippen molar-refractivity contribution >= 4 is 22.6 Å². The maximum Gasteiger partial charge on any atom is 0.273 e. The second-order valence-electron chi connectivity index (χ2n) is 5.45. The summed E-state index contributed by atoms with van der Waals surface area (Å²) >= 11 is 0. The van der Waals surface area contributed by atoms with Crippen LogP contribution in [0.3, 0.4) is 0 Å². The first-order valence-electron chi connectivity index (χ1n) is 7.47. The standard InChI is InChI=1S/C18H14N4O2/c1-11-8-12-9-13(5-6-17(12)24-11)20-18(23)16-10-15(21-22-16)14-4-2-3-7-19-14/h2-10H,1H3,(H,20,23)(H,21,22). The summed E-state index contributed by atoms with van der Waals surface area (Å²) in [6.45, 7) is 1.89. The highest BCUT2D eigenvalue weighted by Gasteiger charge is 2.12. The molecule has 0 spiro atoms. The average Bonchev–Trinajstić information content (AvgIpc) is 3.21. The monoisotopic (exact) mass is 318 g/mol. The minimum Gasteiger partial charge on any atom is -0.461 e. The molecule has 6 heteroatoms. The van der Waals surface area contributed by atoms with Crippen LogP contribution in [-0.4, -0.2) is 21.1 Å². The highest BCUT2D eigenvalue weighted by molar-refractivity contribution is 6.04. The van der Waals surface area contributed by atoms with Crippen LogP contribution in [0.5, 0.6) is 0 Å². The molecule has 0 fully saturated rings. The van der Waals surface area contributed by atoms with Crippen LogP contribution in [0.2, 0.25) is 0 Å². The molecule has 0 atom stereocenters. The Bertz CT molecular complexity index is 1020. The summed E-state index contributed by atoms with van der Waals surface area (Å²) in [6, 6.07) is 14.7. The predicted molar refractivity (Wildman–Crippen MR) is 90.7 cm³/mol. The van der Waals surface area contributed by atoms with Crippen molar-refractivity contribution in [3.05, 3.63) is 66.2 Å². The summed E-state index contributed by atoms with van der Waals surface area (Å²) in [4.78, 5) is 16.6. The molecule has 0 saturated heterocycles. The van der Waals surface area contributed by atoms with Crippen molar-refractivity contribution in [2.75, 3.05) is 5.32 Å². The average molecular weight is 318 g/mol. The van der Waals surface area contributed by atoms with E-state index in [1.165, 1.54) is 0 Å². The molecule has 4 rings (SSSR count). The zero-order chi connectivity index (χ0) is 16.5. The molecule has 0 saturated carbocycles. The third-order valence-corrected chi connectivity index (χ3v) is 3.65. The van der Waals surface area contributed by atoms with Gasteiger partial charge in [-0.3, -0.25) is 14.9 Å². The number of pyridine rings is 1. The van der Waals surface area contributed by atoms with Crippen LogP contribution in [0, 0.1) is 6.92 Å². The number of fused-ring (bicyclic) bond motifs is 1.